The zero-order valence-corrected chi connectivity index (χ0v) is 16.0. The summed E-state index contributed by atoms with van der Waals surface area (Å²) in [7, 11) is 0. The molecule has 0 aliphatic rings. The van der Waals surface area contributed by atoms with Crippen molar-refractivity contribution in [3.63, 3.8) is 0 Å². The Morgan fingerprint density at radius 1 is 0.583 bits per heavy atom. The molecule has 146 valence electrons. The normalized spacial score (nSPS) is 10.3. The van der Waals surface area contributed by atoms with E-state index < -0.39 is 5.97 Å². The SMILES string of the molecule is CCCCCCCCCCCCCCCCCC(=O)O.OCCO. The minimum atomic E-state index is -0.653. The molecule has 0 radical (unpaired) electrons. The number of aliphatic hydroxyl groups is 2. The standard InChI is InChI=1S/C18H36O2.C2H6O2/c1-2-3-4-5-6-7-8-9-10-11-12-13-14-15-16-17-18(19)20;3-1-2-4/h2-17H2,1H3,(H,19,20);3-4H,1-2H2. The number of aliphatic carboxylic acids is 1. The second kappa shape index (κ2) is 24.6. The number of hydrogen-bond donors (Lipinski definition) is 3. The predicted octanol–water partition coefficient (Wildman–Crippen LogP) is 5.30. The lowest BCUT2D eigenvalue weighted by Crippen LogP contribution is -1.93. The van der Waals surface area contributed by atoms with Gasteiger partial charge in [-0.1, -0.05) is 96.8 Å². The van der Waals surface area contributed by atoms with Gasteiger partial charge in [0.15, 0.2) is 0 Å². The fraction of sp³-hybridized carbons (Fsp3) is 0.950. The van der Waals surface area contributed by atoms with Crippen LogP contribution in [0.15, 0.2) is 0 Å². The summed E-state index contributed by atoms with van der Waals surface area (Å²) in [4.78, 5) is 10.3. The first-order valence-electron chi connectivity index (χ1n) is 10.1. The van der Waals surface area contributed by atoms with Crippen LogP contribution >= 0.6 is 0 Å². The van der Waals surface area contributed by atoms with E-state index in [0.29, 0.717) is 6.42 Å². The highest BCUT2D eigenvalue weighted by Gasteiger charge is 1.97. The van der Waals surface area contributed by atoms with Gasteiger partial charge in [0.1, 0.15) is 0 Å². The third-order valence-corrected chi connectivity index (χ3v) is 4.09. The van der Waals surface area contributed by atoms with Crippen molar-refractivity contribution in [3.05, 3.63) is 0 Å². The molecule has 24 heavy (non-hydrogen) atoms. The molecule has 0 fully saturated rings. The molecule has 0 rings (SSSR count). The number of carbonyl (C=O) groups is 1. The van der Waals surface area contributed by atoms with Crippen molar-refractivity contribution in [1.29, 1.82) is 0 Å². The maximum atomic E-state index is 10.3. The van der Waals surface area contributed by atoms with Crippen LogP contribution in [-0.2, 0) is 4.79 Å². The van der Waals surface area contributed by atoms with Crippen LogP contribution in [0.25, 0.3) is 0 Å². The fourth-order valence-electron chi connectivity index (χ4n) is 2.65. The zero-order valence-electron chi connectivity index (χ0n) is 16.0. The molecule has 4 heteroatoms. The summed E-state index contributed by atoms with van der Waals surface area (Å²) in [5, 5.41) is 23.8. The molecule has 0 aliphatic heterocycles. The Hall–Kier alpha value is -0.610. The van der Waals surface area contributed by atoms with Crippen LogP contribution in [0, 0.1) is 0 Å². The highest BCUT2D eigenvalue weighted by atomic mass is 16.4. The lowest BCUT2D eigenvalue weighted by atomic mass is 10.0. The molecule has 4 nitrogen and oxygen atoms in total. The highest BCUT2D eigenvalue weighted by Crippen LogP contribution is 2.13. The van der Waals surface area contributed by atoms with Gasteiger partial charge in [0.2, 0.25) is 0 Å². The fourth-order valence-corrected chi connectivity index (χ4v) is 2.65. The Kier molecular flexibility index (Phi) is 26.3. The molecule has 0 spiro atoms. The van der Waals surface area contributed by atoms with Crippen molar-refractivity contribution in [2.45, 2.75) is 110 Å². The van der Waals surface area contributed by atoms with Crippen LogP contribution in [0.4, 0.5) is 0 Å². The largest absolute Gasteiger partial charge is 0.481 e. The van der Waals surface area contributed by atoms with E-state index in [-0.39, 0.29) is 13.2 Å². The smallest absolute Gasteiger partial charge is 0.303 e. The Morgan fingerprint density at radius 2 is 0.875 bits per heavy atom. The van der Waals surface area contributed by atoms with E-state index in [1.165, 1.54) is 83.5 Å². The summed E-state index contributed by atoms with van der Waals surface area (Å²) in [6.07, 6.45) is 20.2. The van der Waals surface area contributed by atoms with Crippen molar-refractivity contribution in [2.24, 2.45) is 0 Å². The Morgan fingerprint density at radius 3 is 1.12 bits per heavy atom. The summed E-state index contributed by atoms with van der Waals surface area (Å²) in [6.45, 7) is 2.02. The monoisotopic (exact) mass is 346 g/mol. The number of carboxylic acids is 1. The number of hydrogen-bond acceptors (Lipinski definition) is 3. The molecular formula is C20H42O4. The van der Waals surface area contributed by atoms with Crippen LogP contribution < -0.4 is 0 Å². The average Bonchev–Trinajstić information content (AvgIpc) is 2.58. The highest BCUT2D eigenvalue weighted by molar-refractivity contribution is 5.66. The minimum absolute atomic E-state index is 0.125. The van der Waals surface area contributed by atoms with Crippen molar-refractivity contribution >= 4 is 5.97 Å². The first-order valence-corrected chi connectivity index (χ1v) is 10.1. The van der Waals surface area contributed by atoms with E-state index in [2.05, 4.69) is 6.92 Å². The van der Waals surface area contributed by atoms with E-state index in [9.17, 15) is 4.79 Å². The van der Waals surface area contributed by atoms with Crippen LogP contribution in [0.2, 0.25) is 0 Å². The first kappa shape index (κ1) is 25.6. The molecule has 0 aromatic rings. The van der Waals surface area contributed by atoms with Crippen LogP contribution in [0.5, 0.6) is 0 Å². The molecule has 0 aliphatic carbocycles. The molecule has 0 heterocycles. The van der Waals surface area contributed by atoms with Gasteiger partial charge in [0.25, 0.3) is 0 Å². The molecule has 0 aromatic heterocycles. The Balaban J connectivity index is 0. The van der Waals surface area contributed by atoms with Gasteiger partial charge in [-0.15, -0.1) is 0 Å². The molecule has 0 aromatic carbocycles. The Labute approximate surface area is 149 Å². The van der Waals surface area contributed by atoms with Crippen LogP contribution in [0.3, 0.4) is 0 Å². The van der Waals surface area contributed by atoms with Crippen molar-refractivity contribution in [1.82, 2.24) is 0 Å². The summed E-state index contributed by atoms with van der Waals surface area (Å²) in [6, 6.07) is 0. The summed E-state index contributed by atoms with van der Waals surface area (Å²) < 4.78 is 0. The minimum Gasteiger partial charge on any atom is -0.481 e. The van der Waals surface area contributed by atoms with Gasteiger partial charge in [-0.2, -0.15) is 0 Å². The second-order valence-corrected chi connectivity index (χ2v) is 6.54. The topological polar surface area (TPSA) is 77.8 Å². The third-order valence-electron chi connectivity index (χ3n) is 4.09. The maximum absolute atomic E-state index is 10.3. The van der Waals surface area contributed by atoms with Gasteiger partial charge >= 0.3 is 5.97 Å². The van der Waals surface area contributed by atoms with Crippen LogP contribution in [0.1, 0.15) is 110 Å². The van der Waals surface area contributed by atoms with Crippen molar-refractivity contribution in [3.8, 4) is 0 Å². The van der Waals surface area contributed by atoms with Gasteiger partial charge in [-0.25, -0.2) is 0 Å². The van der Waals surface area contributed by atoms with E-state index in [1.807, 2.05) is 0 Å². The van der Waals surface area contributed by atoms with Gasteiger partial charge in [-0.05, 0) is 6.42 Å². The molecule has 0 saturated heterocycles. The lowest BCUT2D eigenvalue weighted by Gasteiger charge is -2.03. The van der Waals surface area contributed by atoms with E-state index in [0.717, 1.165) is 12.8 Å². The number of unbranched alkanes of at least 4 members (excludes halogenated alkanes) is 14. The summed E-state index contributed by atoms with van der Waals surface area (Å²) in [5.41, 5.74) is 0. The van der Waals surface area contributed by atoms with Crippen molar-refractivity contribution in [2.75, 3.05) is 13.2 Å². The quantitative estimate of drug-likeness (QED) is 0.312. The maximum Gasteiger partial charge on any atom is 0.303 e. The molecule has 3 N–H and O–H groups in total. The number of carboxylic acid groups (broad SMARTS) is 1. The lowest BCUT2D eigenvalue weighted by molar-refractivity contribution is -0.137. The van der Waals surface area contributed by atoms with Crippen molar-refractivity contribution < 1.29 is 20.1 Å². The molecule has 0 bridgehead atoms. The van der Waals surface area contributed by atoms with Gasteiger partial charge < -0.3 is 15.3 Å². The molecular weight excluding hydrogens is 304 g/mol. The predicted molar refractivity (Wildman–Crippen MR) is 101 cm³/mol. The van der Waals surface area contributed by atoms with Gasteiger partial charge in [-0.3, -0.25) is 4.79 Å². The Bertz CT molecular complexity index is 230. The summed E-state index contributed by atoms with van der Waals surface area (Å²) >= 11 is 0. The molecule has 0 unspecified atom stereocenters. The van der Waals surface area contributed by atoms with E-state index >= 15 is 0 Å². The van der Waals surface area contributed by atoms with E-state index in [4.69, 9.17) is 15.3 Å². The molecule has 0 saturated carbocycles. The number of aliphatic hydroxyl groups excluding tert-OH is 2. The second-order valence-electron chi connectivity index (χ2n) is 6.54. The first-order chi connectivity index (χ1) is 11.7. The van der Waals surface area contributed by atoms with Crippen LogP contribution in [-0.4, -0.2) is 34.5 Å². The molecule has 0 amide bonds. The third kappa shape index (κ3) is 29.4. The molecule has 0 atom stereocenters. The summed E-state index contributed by atoms with van der Waals surface area (Å²) in [5.74, 6) is -0.653. The van der Waals surface area contributed by atoms with E-state index in [1.54, 1.807) is 0 Å². The van der Waals surface area contributed by atoms with Gasteiger partial charge in [0, 0.05) is 6.42 Å². The average molecular weight is 347 g/mol. The zero-order chi connectivity index (χ0) is 18.3. The number of rotatable bonds is 17. The van der Waals surface area contributed by atoms with Gasteiger partial charge in [0.05, 0.1) is 13.2 Å².